The number of nitrogens with one attached hydrogen (secondary N) is 1. The van der Waals surface area contributed by atoms with Crippen molar-refractivity contribution in [1.29, 1.82) is 0 Å². The Morgan fingerprint density at radius 2 is 2.29 bits per heavy atom. The van der Waals surface area contributed by atoms with Crippen molar-refractivity contribution in [3.63, 3.8) is 0 Å². The first kappa shape index (κ1) is 10.2. The summed E-state index contributed by atoms with van der Waals surface area (Å²) in [6.07, 6.45) is 5.67. The van der Waals surface area contributed by atoms with E-state index in [0.29, 0.717) is 6.04 Å². The van der Waals surface area contributed by atoms with Crippen LogP contribution in [-0.4, -0.2) is 7.05 Å². The van der Waals surface area contributed by atoms with Crippen LogP contribution in [0.15, 0.2) is 10.8 Å². The second-order valence-corrected chi connectivity index (χ2v) is 5.13. The lowest BCUT2D eigenvalue weighted by molar-refractivity contribution is 0.265. The summed E-state index contributed by atoms with van der Waals surface area (Å²) in [7, 11) is 2.08. The fourth-order valence-electron chi connectivity index (χ4n) is 2.19. The first-order chi connectivity index (χ1) is 6.81. The normalized spacial score (nSPS) is 19.3. The molecule has 1 nitrogen and oxygen atoms in total. The molecule has 1 fully saturated rings. The van der Waals surface area contributed by atoms with Crippen molar-refractivity contribution in [2.45, 2.75) is 38.6 Å². The lowest BCUT2D eigenvalue weighted by Crippen LogP contribution is -2.23. The third-order valence-electron chi connectivity index (χ3n) is 3.41. The van der Waals surface area contributed by atoms with Crippen LogP contribution in [0.1, 0.15) is 42.9 Å². The van der Waals surface area contributed by atoms with Gasteiger partial charge < -0.3 is 5.32 Å². The van der Waals surface area contributed by atoms with Crippen LogP contribution in [-0.2, 0) is 0 Å². The molecule has 1 unspecified atom stereocenters. The van der Waals surface area contributed by atoms with Gasteiger partial charge in [-0.1, -0.05) is 19.3 Å². The summed E-state index contributed by atoms with van der Waals surface area (Å²) >= 11 is 1.82. The van der Waals surface area contributed by atoms with Crippen molar-refractivity contribution >= 4 is 11.3 Å². The Morgan fingerprint density at radius 1 is 1.50 bits per heavy atom. The molecule has 1 aliphatic rings. The van der Waals surface area contributed by atoms with Gasteiger partial charge in [-0.3, -0.25) is 0 Å². The van der Waals surface area contributed by atoms with E-state index in [1.807, 2.05) is 11.3 Å². The van der Waals surface area contributed by atoms with Crippen LogP contribution in [0.3, 0.4) is 0 Å². The average Bonchev–Trinajstić information content (AvgIpc) is 2.51. The number of rotatable bonds is 4. The van der Waals surface area contributed by atoms with Gasteiger partial charge in [0.1, 0.15) is 0 Å². The Kier molecular flexibility index (Phi) is 3.24. The fraction of sp³-hybridized carbons (Fsp3) is 0.667. The maximum absolute atomic E-state index is 3.45. The maximum Gasteiger partial charge on any atom is 0.0331 e. The molecule has 0 spiro atoms. The summed E-state index contributed by atoms with van der Waals surface area (Å²) < 4.78 is 0. The minimum absolute atomic E-state index is 0.589. The number of aryl methyl sites for hydroxylation is 1. The van der Waals surface area contributed by atoms with Crippen LogP contribution in [0.25, 0.3) is 0 Å². The Hall–Kier alpha value is -0.340. The van der Waals surface area contributed by atoms with E-state index in [-0.39, 0.29) is 0 Å². The van der Waals surface area contributed by atoms with Gasteiger partial charge in [-0.25, -0.2) is 0 Å². The summed E-state index contributed by atoms with van der Waals surface area (Å²) in [6.45, 7) is 2.22. The number of hydrogen-bond donors (Lipinski definition) is 1. The molecular weight excluding hydrogens is 190 g/mol. The molecule has 0 aromatic carbocycles. The molecule has 1 aliphatic carbocycles. The van der Waals surface area contributed by atoms with E-state index in [4.69, 9.17) is 0 Å². The van der Waals surface area contributed by atoms with Gasteiger partial charge in [-0.2, -0.15) is 11.3 Å². The van der Waals surface area contributed by atoms with Crippen LogP contribution in [0.5, 0.6) is 0 Å². The highest BCUT2D eigenvalue weighted by atomic mass is 32.1. The minimum atomic E-state index is 0.589. The molecule has 0 aliphatic heterocycles. The maximum atomic E-state index is 3.45. The van der Waals surface area contributed by atoms with Gasteiger partial charge in [0.2, 0.25) is 0 Å². The fourth-order valence-corrected chi connectivity index (χ4v) is 3.09. The van der Waals surface area contributed by atoms with Gasteiger partial charge in [-0.15, -0.1) is 0 Å². The van der Waals surface area contributed by atoms with Crippen molar-refractivity contribution in [1.82, 2.24) is 5.32 Å². The largest absolute Gasteiger partial charge is 0.313 e. The second kappa shape index (κ2) is 4.45. The van der Waals surface area contributed by atoms with Gasteiger partial charge in [0.05, 0.1) is 0 Å². The van der Waals surface area contributed by atoms with Crippen molar-refractivity contribution < 1.29 is 0 Å². The zero-order chi connectivity index (χ0) is 9.97. The third-order valence-corrected chi connectivity index (χ3v) is 4.29. The van der Waals surface area contributed by atoms with Crippen molar-refractivity contribution in [3.05, 3.63) is 21.9 Å². The van der Waals surface area contributed by atoms with Gasteiger partial charge >= 0.3 is 0 Å². The van der Waals surface area contributed by atoms with E-state index in [1.54, 1.807) is 0 Å². The molecule has 1 heterocycles. The predicted molar refractivity (Wildman–Crippen MR) is 62.8 cm³/mol. The summed E-state index contributed by atoms with van der Waals surface area (Å²) in [5, 5.41) is 8.00. The van der Waals surface area contributed by atoms with Crippen molar-refractivity contribution in [3.8, 4) is 0 Å². The Bertz CT molecular complexity index is 288. The Labute approximate surface area is 90.5 Å². The molecule has 0 saturated heterocycles. The lowest BCUT2D eigenvalue weighted by Gasteiger charge is -2.29. The molecule has 0 bridgehead atoms. The average molecular weight is 209 g/mol. The molecule has 78 valence electrons. The van der Waals surface area contributed by atoms with Crippen LogP contribution >= 0.6 is 11.3 Å². The molecular formula is C12H19NS. The Balaban J connectivity index is 2.01. The standard InChI is InChI=1S/C12H19NS/c1-9-7-14-8-11(9)12(13-2)6-10-4-3-5-10/h7-8,10,12-13H,3-6H2,1-2H3. The second-order valence-electron chi connectivity index (χ2n) is 4.38. The molecule has 1 aromatic heterocycles. The molecule has 2 heteroatoms. The third kappa shape index (κ3) is 2.01. The van der Waals surface area contributed by atoms with E-state index >= 15 is 0 Å². The summed E-state index contributed by atoms with van der Waals surface area (Å²) in [5.74, 6) is 0.978. The van der Waals surface area contributed by atoms with Crippen LogP contribution in [0.4, 0.5) is 0 Å². The van der Waals surface area contributed by atoms with Gasteiger partial charge in [0, 0.05) is 6.04 Å². The van der Waals surface area contributed by atoms with Crippen molar-refractivity contribution in [2.75, 3.05) is 7.05 Å². The topological polar surface area (TPSA) is 12.0 Å². The van der Waals surface area contributed by atoms with Crippen LogP contribution in [0, 0.1) is 12.8 Å². The highest BCUT2D eigenvalue weighted by Crippen LogP contribution is 2.35. The molecule has 1 N–H and O–H groups in total. The number of hydrogen-bond acceptors (Lipinski definition) is 2. The van der Waals surface area contributed by atoms with Gasteiger partial charge in [0.15, 0.2) is 0 Å². The zero-order valence-corrected chi connectivity index (χ0v) is 9.86. The first-order valence-electron chi connectivity index (χ1n) is 5.51. The monoisotopic (exact) mass is 209 g/mol. The molecule has 0 amide bonds. The highest BCUT2D eigenvalue weighted by molar-refractivity contribution is 7.08. The molecule has 1 saturated carbocycles. The van der Waals surface area contributed by atoms with E-state index in [9.17, 15) is 0 Å². The van der Waals surface area contributed by atoms with E-state index in [0.717, 1.165) is 5.92 Å². The molecule has 0 radical (unpaired) electrons. The van der Waals surface area contributed by atoms with Crippen LogP contribution < -0.4 is 5.32 Å². The van der Waals surface area contributed by atoms with Crippen molar-refractivity contribution in [2.24, 2.45) is 5.92 Å². The van der Waals surface area contributed by atoms with Gasteiger partial charge in [0.25, 0.3) is 0 Å². The molecule has 2 rings (SSSR count). The molecule has 14 heavy (non-hydrogen) atoms. The van der Waals surface area contributed by atoms with Gasteiger partial charge in [-0.05, 0) is 48.2 Å². The van der Waals surface area contributed by atoms with E-state index in [2.05, 4.69) is 30.0 Å². The predicted octanol–water partition coefficient (Wildman–Crippen LogP) is 3.51. The van der Waals surface area contributed by atoms with E-state index < -0.39 is 0 Å². The number of thiophene rings is 1. The molecule has 1 aromatic rings. The SMILES string of the molecule is CNC(CC1CCC1)c1cscc1C. The minimum Gasteiger partial charge on any atom is -0.313 e. The Morgan fingerprint density at radius 3 is 2.71 bits per heavy atom. The first-order valence-corrected chi connectivity index (χ1v) is 6.45. The highest BCUT2D eigenvalue weighted by Gasteiger charge is 2.23. The summed E-state index contributed by atoms with van der Waals surface area (Å²) in [5.41, 5.74) is 2.97. The lowest BCUT2D eigenvalue weighted by atomic mass is 9.79. The molecule has 1 atom stereocenters. The summed E-state index contributed by atoms with van der Waals surface area (Å²) in [4.78, 5) is 0. The summed E-state index contributed by atoms with van der Waals surface area (Å²) in [6, 6.07) is 0.589. The zero-order valence-electron chi connectivity index (χ0n) is 9.05. The quantitative estimate of drug-likeness (QED) is 0.800. The smallest absolute Gasteiger partial charge is 0.0331 e. The van der Waals surface area contributed by atoms with E-state index in [1.165, 1.54) is 36.8 Å². The van der Waals surface area contributed by atoms with Crippen LogP contribution in [0.2, 0.25) is 0 Å².